The lowest BCUT2D eigenvalue weighted by molar-refractivity contribution is 0.215. The molecule has 1 heterocycles. The number of hydrogen-bond acceptors (Lipinski definition) is 4. The molecule has 33 heavy (non-hydrogen) atoms. The molecule has 1 aromatic heterocycles. The predicted octanol–water partition coefficient (Wildman–Crippen LogP) is 7.16. The Labute approximate surface area is 198 Å². The number of carbonyl (C=O) groups excluding carboxylic acids is 1. The van der Waals surface area contributed by atoms with Crippen molar-refractivity contribution in [2.24, 2.45) is 0 Å². The van der Waals surface area contributed by atoms with Crippen LogP contribution >= 0.6 is 0 Å². The van der Waals surface area contributed by atoms with Gasteiger partial charge in [0, 0.05) is 11.5 Å². The average molecular weight is 466 g/mol. The van der Waals surface area contributed by atoms with Crippen LogP contribution in [0.4, 0.5) is 10.6 Å². The minimum atomic E-state index is -1.93. The summed E-state index contributed by atoms with van der Waals surface area (Å²) in [6, 6.07) is 18.7. The molecule has 0 saturated heterocycles. The standard InChI is InChI=1S/C26H35N3O3Si/c1-25(2,3)22-18-23(27-24(30)31-20-12-10-9-11-13-20)29(28-22)19-14-16-21(17-15-19)32-33(7,8)26(4,5)6/h9-18H,1-8H3,(H,27,30). The van der Waals surface area contributed by atoms with E-state index >= 15 is 0 Å². The van der Waals surface area contributed by atoms with E-state index in [1.54, 1.807) is 16.8 Å². The molecule has 0 bridgehead atoms. The number of nitrogens with zero attached hydrogens (tertiary/aromatic N) is 2. The van der Waals surface area contributed by atoms with Crippen LogP contribution in [0.3, 0.4) is 0 Å². The summed E-state index contributed by atoms with van der Waals surface area (Å²) < 4.78 is 13.5. The molecule has 7 heteroatoms. The van der Waals surface area contributed by atoms with E-state index in [9.17, 15) is 4.79 Å². The zero-order valence-corrected chi connectivity index (χ0v) is 21.9. The first-order chi connectivity index (χ1) is 15.3. The van der Waals surface area contributed by atoms with E-state index in [-0.39, 0.29) is 10.5 Å². The lowest BCUT2D eigenvalue weighted by Gasteiger charge is -2.36. The van der Waals surface area contributed by atoms with Crippen molar-refractivity contribution in [1.29, 1.82) is 0 Å². The first kappa shape index (κ1) is 24.6. The van der Waals surface area contributed by atoms with Crippen molar-refractivity contribution < 1.29 is 14.0 Å². The van der Waals surface area contributed by atoms with Crippen molar-refractivity contribution in [3.8, 4) is 17.2 Å². The van der Waals surface area contributed by atoms with E-state index in [1.807, 2.05) is 48.5 Å². The Bertz CT molecular complexity index is 1090. The van der Waals surface area contributed by atoms with Gasteiger partial charge in [0.2, 0.25) is 8.32 Å². The van der Waals surface area contributed by atoms with E-state index < -0.39 is 14.4 Å². The number of anilines is 1. The molecule has 0 aliphatic rings. The lowest BCUT2D eigenvalue weighted by Crippen LogP contribution is -2.43. The Kier molecular flexibility index (Phi) is 6.74. The second kappa shape index (κ2) is 9.06. The van der Waals surface area contributed by atoms with Crippen molar-refractivity contribution in [2.75, 3.05) is 5.32 Å². The first-order valence-electron chi connectivity index (χ1n) is 11.2. The molecule has 0 atom stereocenters. The highest BCUT2D eigenvalue weighted by Crippen LogP contribution is 2.37. The van der Waals surface area contributed by atoms with Crippen LogP contribution in [0, 0.1) is 0 Å². The van der Waals surface area contributed by atoms with Gasteiger partial charge in [-0.05, 0) is 54.5 Å². The third-order valence-electron chi connectivity index (χ3n) is 5.92. The molecule has 1 N–H and O–H groups in total. The zero-order chi connectivity index (χ0) is 24.4. The maximum Gasteiger partial charge on any atom is 0.418 e. The number of para-hydroxylation sites is 1. The summed E-state index contributed by atoms with van der Waals surface area (Å²) in [6.45, 7) is 17.4. The predicted molar refractivity (Wildman–Crippen MR) is 136 cm³/mol. The monoisotopic (exact) mass is 465 g/mol. The minimum Gasteiger partial charge on any atom is -0.544 e. The van der Waals surface area contributed by atoms with Gasteiger partial charge >= 0.3 is 6.09 Å². The van der Waals surface area contributed by atoms with Gasteiger partial charge in [-0.2, -0.15) is 5.10 Å². The summed E-state index contributed by atoms with van der Waals surface area (Å²) in [4.78, 5) is 12.5. The number of aromatic nitrogens is 2. The fourth-order valence-electron chi connectivity index (χ4n) is 2.86. The zero-order valence-electron chi connectivity index (χ0n) is 20.9. The molecule has 0 fully saturated rings. The Hall–Kier alpha value is -3.06. The largest absolute Gasteiger partial charge is 0.544 e. The maximum absolute atomic E-state index is 12.5. The fraction of sp³-hybridized carbons (Fsp3) is 0.385. The number of ether oxygens (including phenoxy) is 1. The maximum atomic E-state index is 12.5. The number of rotatable bonds is 5. The third-order valence-corrected chi connectivity index (χ3v) is 10.3. The van der Waals surface area contributed by atoms with Crippen molar-refractivity contribution >= 4 is 20.2 Å². The molecule has 3 rings (SSSR count). The van der Waals surface area contributed by atoms with Crippen LogP contribution in [0.15, 0.2) is 60.7 Å². The molecule has 0 aliphatic carbocycles. The quantitative estimate of drug-likeness (QED) is 0.406. The molecule has 0 unspecified atom stereocenters. The van der Waals surface area contributed by atoms with Crippen molar-refractivity contribution in [1.82, 2.24) is 9.78 Å². The van der Waals surface area contributed by atoms with Gasteiger partial charge in [0.25, 0.3) is 0 Å². The molecular formula is C26H35N3O3Si. The van der Waals surface area contributed by atoms with Crippen molar-refractivity contribution in [2.45, 2.75) is 65.1 Å². The number of carbonyl (C=O) groups is 1. The summed E-state index contributed by atoms with van der Waals surface area (Å²) in [5.74, 6) is 1.86. The molecule has 0 spiro atoms. The number of hydrogen-bond donors (Lipinski definition) is 1. The lowest BCUT2D eigenvalue weighted by atomic mass is 9.92. The van der Waals surface area contributed by atoms with Crippen LogP contribution in [-0.4, -0.2) is 24.2 Å². The molecule has 1 amide bonds. The van der Waals surface area contributed by atoms with E-state index in [0.717, 1.165) is 17.1 Å². The highest BCUT2D eigenvalue weighted by molar-refractivity contribution is 6.74. The molecule has 176 valence electrons. The Balaban J connectivity index is 1.87. The summed E-state index contributed by atoms with van der Waals surface area (Å²) >= 11 is 0. The Morgan fingerprint density at radius 2 is 1.52 bits per heavy atom. The van der Waals surface area contributed by atoms with Gasteiger partial charge in [0.15, 0.2) is 0 Å². The van der Waals surface area contributed by atoms with Crippen molar-refractivity contribution in [3.63, 3.8) is 0 Å². The molecule has 0 aliphatic heterocycles. The molecule has 0 radical (unpaired) electrons. The second-order valence-electron chi connectivity index (χ2n) is 10.8. The van der Waals surface area contributed by atoms with Crippen LogP contribution < -0.4 is 14.5 Å². The van der Waals surface area contributed by atoms with Gasteiger partial charge in [-0.3, -0.25) is 5.32 Å². The molecule has 3 aromatic rings. The second-order valence-corrected chi connectivity index (χ2v) is 15.5. The van der Waals surface area contributed by atoms with Crippen LogP contribution in [-0.2, 0) is 5.41 Å². The highest BCUT2D eigenvalue weighted by Gasteiger charge is 2.39. The van der Waals surface area contributed by atoms with Crippen LogP contribution in [0.1, 0.15) is 47.2 Å². The first-order valence-corrected chi connectivity index (χ1v) is 14.1. The molecule has 0 saturated carbocycles. The minimum absolute atomic E-state index is 0.117. The van der Waals surface area contributed by atoms with E-state index in [4.69, 9.17) is 14.3 Å². The number of nitrogens with one attached hydrogen (secondary N) is 1. The topological polar surface area (TPSA) is 65.4 Å². The normalized spacial score (nSPS) is 12.4. The summed E-state index contributed by atoms with van der Waals surface area (Å²) in [5, 5.41) is 7.72. The molecule has 6 nitrogen and oxygen atoms in total. The van der Waals surface area contributed by atoms with Gasteiger partial charge in [-0.15, -0.1) is 0 Å². The molecular weight excluding hydrogens is 430 g/mol. The average Bonchev–Trinajstić information content (AvgIpc) is 3.12. The van der Waals surface area contributed by atoms with Crippen LogP contribution in [0.5, 0.6) is 11.5 Å². The summed E-state index contributed by atoms with van der Waals surface area (Å²) in [7, 11) is -1.93. The van der Waals surface area contributed by atoms with Gasteiger partial charge in [-0.25, -0.2) is 9.48 Å². The van der Waals surface area contributed by atoms with Gasteiger partial charge in [0.05, 0.1) is 11.4 Å². The third kappa shape index (κ3) is 6.04. The summed E-state index contributed by atoms with van der Waals surface area (Å²) in [5.41, 5.74) is 1.50. The Morgan fingerprint density at radius 3 is 2.06 bits per heavy atom. The van der Waals surface area contributed by atoms with E-state index in [0.29, 0.717) is 11.6 Å². The number of benzene rings is 2. The summed E-state index contributed by atoms with van der Waals surface area (Å²) in [6.07, 6.45) is -0.569. The van der Waals surface area contributed by atoms with Gasteiger partial charge in [-0.1, -0.05) is 59.7 Å². The highest BCUT2D eigenvalue weighted by atomic mass is 28.4. The van der Waals surface area contributed by atoms with Gasteiger partial charge in [0.1, 0.15) is 17.3 Å². The SMILES string of the molecule is CC(C)(C)c1cc(NC(=O)Oc2ccccc2)n(-c2ccc(O[Si](C)(C)C(C)(C)C)cc2)n1. The number of amides is 1. The smallest absolute Gasteiger partial charge is 0.418 e. The van der Waals surface area contributed by atoms with E-state index in [2.05, 4.69) is 60.0 Å². The molecule has 2 aromatic carbocycles. The van der Waals surface area contributed by atoms with Gasteiger partial charge < -0.3 is 9.16 Å². The van der Waals surface area contributed by atoms with Crippen LogP contribution in [0.25, 0.3) is 5.69 Å². The fourth-order valence-corrected chi connectivity index (χ4v) is 3.89. The Morgan fingerprint density at radius 1 is 0.909 bits per heavy atom. The van der Waals surface area contributed by atoms with Crippen LogP contribution in [0.2, 0.25) is 18.1 Å². The van der Waals surface area contributed by atoms with E-state index in [1.165, 1.54) is 0 Å². The van der Waals surface area contributed by atoms with Crippen molar-refractivity contribution in [3.05, 3.63) is 66.4 Å².